The zero-order chi connectivity index (χ0) is 10.1. The number of allylic oxidation sites excluding steroid dienone is 2. The highest BCUT2D eigenvalue weighted by Crippen LogP contribution is 2.43. The van der Waals surface area contributed by atoms with Crippen LogP contribution >= 0.6 is 0 Å². The molecule has 1 nitrogen and oxygen atoms in total. The average molecular weight is 200 g/mol. The van der Waals surface area contributed by atoms with Gasteiger partial charge in [-0.25, -0.2) is 0 Å². The predicted octanol–water partition coefficient (Wildman–Crippen LogP) is 3.28. The molecular weight excluding hydrogens is 184 g/mol. The van der Waals surface area contributed by atoms with Crippen LogP contribution in [0.4, 0.5) is 0 Å². The van der Waals surface area contributed by atoms with Crippen LogP contribution in [0, 0.1) is 17.8 Å². The summed E-state index contributed by atoms with van der Waals surface area (Å²) in [7, 11) is 0. The SMILES string of the molecule is C1=C[C@@H]2C[C@H]1C[C@@H]2COc1ccccc1. The molecule has 0 N–H and O–H groups in total. The molecule has 15 heavy (non-hydrogen) atoms. The average Bonchev–Trinajstić information content (AvgIpc) is 2.89. The lowest BCUT2D eigenvalue weighted by atomic mass is 9.95. The number of ether oxygens (including phenoxy) is 1. The van der Waals surface area contributed by atoms with Gasteiger partial charge < -0.3 is 4.74 Å². The largest absolute Gasteiger partial charge is 0.493 e. The van der Waals surface area contributed by atoms with Crippen molar-refractivity contribution in [3.8, 4) is 5.75 Å². The highest BCUT2D eigenvalue weighted by atomic mass is 16.5. The maximum absolute atomic E-state index is 5.81. The van der Waals surface area contributed by atoms with Crippen molar-refractivity contribution in [3.05, 3.63) is 42.5 Å². The lowest BCUT2D eigenvalue weighted by Crippen LogP contribution is -2.16. The first kappa shape index (κ1) is 9.02. The maximum atomic E-state index is 5.81. The van der Waals surface area contributed by atoms with Gasteiger partial charge in [-0.3, -0.25) is 0 Å². The molecule has 1 aromatic carbocycles. The van der Waals surface area contributed by atoms with Crippen molar-refractivity contribution in [1.29, 1.82) is 0 Å². The van der Waals surface area contributed by atoms with Gasteiger partial charge in [-0.2, -0.15) is 0 Å². The molecule has 1 saturated carbocycles. The lowest BCUT2D eigenvalue weighted by molar-refractivity contribution is 0.228. The number of rotatable bonds is 3. The summed E-state index contributed by atoms with van der Waals surface area (Å²) in [5.74, 6) is 3.39. The Balaban J connectivity index is 1.57. The molecule has 78 valence electrons. The van der Waals surface area contributed by atoms with Gasteiger partial charge in [0.2, 0.25) is 0 Å². The Morgan fingerprint density at radius 1 is 1.07 bits per heavy atom. The third kappa shape index (κ3) is 1.79. The first-order valence-corrected chi connectivity index (χ1v) is 5.78. The van der Waals surface area contributed by atoms with Crippen LogP contribution in [0.5, 0.6) is 5.75 Å². The summed E-state index contributed by atoms with van der Waals surface area (Å²) in [4.78, 5) is 0. The molecule has 0 aliphatic heterocycles. The first-order chi connectivity index (χ1) is 7.42. The minimum atomic E-state index is 0.750. The molecule has 0 amide bonds. The molecular formula is C14H16O. The Bertz CT molecular complexity index is 355. The molecule has 2 bridgehead atoms. The van der Waals surface area contributed by atoms with E-state index in [1.807, 2.05) is 30.3 Å². The standard InChI is InChI=1S/C14H16O/c1-2-4-14(5-3-1)15-10-13-9-11-6-7-12(13)8-11/h1-7,11-13H,8-10H2/t11-,12+,13+/m0/s1. The van der Waals surface area contributed by atoms with E-state index in [-0.39, 0.29) is 0 Å². The summed E-state index contributed by atoms with van der Waals surface area (Å²) in [5, 5.41) is 0. The van der Waals surface area contributed by atoms with Crippen molar-refractivity contribution < 1.29 is 4.74 Å². The van der Waals surface area contributed by atoms with Crippen LogP contribution in [0.2, 0.25) is 0 Å². The van der Waals surface area contributed by atoms with Crippen molar-refractivity contribution in [2.24, 2.45) is 17.8 Å². The third-order valence-corrected chi connectivity index (χ3v) is 3.62. The van der Waals surface area contributed by atoms with Gasteiger partial charge in [0.15, 0.2) is 0 Å². The number of para-hydroxylation sites is 1. The van der Waals surface area contributed by atoms with E-state index < -0.39 is 0 Å². The van der Waals surface area contributed by atoms with Gasteiger partial charge in [0, 0.05) is 0 Å². The molecule has 1 fully saturated rings. The van der Waals surface area contributed by atoms with Crippen LogP contribution in [0.15, 0.2) is 42.5 Å². The summed E-state index contributed by atoms with van der Waals surface area (Å²) >= 11 is 0. The molecule has 3 atom stereocenters. The maximum Gasteiger partial charge on any atom is 0.119 e. The summed E-state index contributed by atoms with van der Waals surface area (Å²) in [6.45, 7) is 0.884. The van der Waals surface area contributed by atoms with Gasteiger partial charge in [0.1, 0.15) is 5.75 Å². The van der Waals surface area contributed by atoms with Gasteiger partial charge in [-0.15, -0.1) is 0 Å². The summed E-state index contributed by atoms with van der Waals surface area (Å²) in [6, 6.07) is 10.1. The Kier molecular flexibility index (Phi) is 2.24. The van der Waals surface area contributed by atoms with E-state index in [2.05, 4.69) is 12.2 Å². The van der Waals surface area contributed by atoms with E-state index in [1.165, 1.54) is 12.8 Å². The second kappa shape index (κ2) is 3.73. The van der Waals surface area contributed by atoms with Crippen LogP contribution in [-0.4, -0.2) is 6.61 Å². The summed E-state index contributed by atoms with van der Waals surface area (Å²) in [6.07, 6.45) is 7.45. The molecule has 2 aliphatic carbocycles. The van der Waals surface area contributed by atoms with Gasteiger partial charge in [0.25, 0.3) is 0 Å². The van der Waals surface area contributed by atoms with Crippen LogP contribution in [-0.2, 0) is 0 Å². The second-order valence-corrected chi connectivity index (χ2v) is 4.66. The Morgan fingerprint density at radius 2 is 1.93 bits per heavy atom. The molecule has 0 radical (unpaired) electrons. The topological polar surface area (TPSA) is 9.23 Å². The first-order valence-electron chi connectivity index (χ1n) is 5.78. The predicted molar refractivity (Wildman–Crippen MR) is 60.8 cm³/mol. The van der Waals surface area contributed by atoms with Crippen LogP contribution in [0.1, 0.15) is 12.8 Å². The van der Waals surface area contributed by atoms with Crippen molar-refractivity contribution in [1.82, 2.24) is 0 Å². The quantitative estimate of drug-likeness (QED) is 0.680. The van der Waals surface area contributed by atoms with Crippen LogP contribution in [0.25, 0.3) is 0 Å². The van der Waals surface area contributed by atoms with Crippen LogP contribution < -0.4 is 4.74 Å². The van der Waals surface area contributed by atoms with Gasteiger partial charge in [0.05, 0.1) is 6.61 Å². The summed E-state index contributed by atoms with van der Waals surface area (Å²) < 4.78 is 5.81. The molecule has 0 heterocycles. The highest BCUT2D eigenvalue weighted by molar-refractivity contribution is 5.21. The zero-order valence-electron chi connectivity index (χ0n) is 8.80. The Labute approximate surface area is 90.8 Å². The van der Waals surface area contributed by atoms with Crippen LogP contribution in [0.3, 0.4) is 0 Å². The number of hydrogen-bond acceptors (Lipinski definition) is 1. The lowest BCUT2D eigenvalue weighted by Gasteiger charge is -2.18. The second-order valence-electron chi connectivity index (χ2n) is 4.66. The van der Waals surface area contributed by atoms with Crippen molar-refractivity contribution >= 4 is 0 Å². The smallest absolute Gasteiger partial charge is 0.119 e. The number of fused-ring (bicyclic) bond motifs is 2. The molecule has 1 aromatic rings. The fourth-order valence-electron chi connectivity index (χ4n) is 2.81. The van der Waals surface area contributed by atoms with Gasteiger partial charge in [-0.1, -0.05) is 30.4 Å². The van der Waals surface area contributed by atoms with E-state index in [9.17, 15) is 0 Å². The van der Waals surface area contributed by atoms with Crippen molar-refractivity contribution in [3.63, 3.8) is 0 Å². The molecule has 3 rings (SSSR count). The fourth-order valence-corrected chi connectivity index (χ4v) is 2.81. The molecule has 0 saturated heterocycles. The highest BCUT2D eigenvalue weighted by Gasteiger charge is 2.35. The molecule has 0 spiro atoms. The van der Waals surface area contributed by atoms with E-state index in [0.717, 1.165) is 30.1 Å². The number of hydrogen-bond donors (Lipinski definition) is 0. The minimum absolute atomic E-state index is 0.750. The third-order valence-electron chi connectivity index (χ3n) is 3.62. The fraction of sp³-hybridized carbons (Fsp3) is 0.429. The molecule has 0 unspecified atom stereocenters. The van der Waals surface area contributed by atoms with E-state index in [0.29, 0.717) is 0 Å². The van der Waals surface area contributed by atoms with Crippen molar-refractivity contribution in [2.45, 2.75) is 12.8 Å². The van der Waals surface area contributed by atoms with Gasteiger partial charge >= 0.3 is 0 Å². The minimum Gasteiger partial charge on any atom is -0.493 e. The summed E-state index contributed by atoms with van der Waals surface area (Å²) in [5.41, 5.74) is 0. The normalized spacial score (nSPS) is 32.1. The Hall–Kier alpha value is -1.24. The van der Waals surface area contributed by atoms with E-state index >= 15 is 0 Å². The zero-order valence-corrected chi connectivity index (χ0v) is 8.80. The van der Waals surface area contributed by atoms with E-state index in [1.54, 1.807) is 0 Å². The molecule has 0 aromatic heterocycles. The monoisotopic (exact) mass is 200 g/mol. The Morgan fingerprint density at radius 3 is 2.60 bits per heavy atom. The molecule has 2 aliphatic rings. The number of benzene rings is 1. The van der Waals surface area contributed by atoms with Crippen molar-refractivity contribution in [2.75, 3.05) is 6.61 Å². The molecule has 1 heteroatoms. The van der Waals surface area contributed by atoms with Gasteiger partial charge in [-0.05, 0) is 42.7 Å². The van der Waals surface area contributed by atoms with E-state index in [4.69, 9.17) is 4.74 Å².